The molecular weight excluding hydrogens is 174 g/mol. The van der Waals surface area contributed by atoms with Crippen molar-refractivity contribution in [2.45, 2.75) is 45.6 Å². The molecule has 0 amide bonds. The van der Waals surface area contributed by atoms with Gasteiger partial charge < -0.3 is 0 Å². The van der Waals surface area contributed by atoms with E-state index in [0.29, 0.717) is 12.5 Å². The van der Waals surface area contributed by atoms with Crippen molar-refractivity contribution in [3.8, 4) is 6.07 Å². The second-order valence-corrected chi connectivity index (χ2v) is 4.01. The van der Waals surface area contributed by atoms with Gasteiger partial charge in [0, 0.05) is 11.3 Å². The highest BCUT2D eigenvalue weighted by atomic mass is 15.3. The van der Waals surface area contributed by atoms with Crippen LogP contribution in [0.4, 0.5) is 0 Å². The Labute approximate surface area is 84.3 Å². The lowest BCUT2D eigenvalue weighted by Gasteiger charge is -2.27. The fourth-order valence-electron chi connectivity index (χ4n) is 2.02. The van der Waals surface area contributed by atoms with E-state index >= 15 is 0 Å². The maximum absolute atomic E-state index is 8.70. The van der Waals surface area contributed by atoms with Crippen LogP contribution in [0.15, 0.2) is 0 Å². The van der Waals surface area contributed by atoms with Crippen molar-refractivity contribution >= 4 is 0 Å². The molecule has 0 bridgehead atoms. The van der Waals surface area contributed by atoms with Crippen molar-refractivity contribution in [3.63, 3.8) is 0 Å². The average molecular weight is 189 g/mol. The summed E-state index contributed by atoms with van der Waals surface area (Å²) >= 11 is 0. The number of nitriles is 1. The molecule has 1 aliphatic carbocycles. The van der Waals surface area contributed by atoms with E-state index in [0.717, 1.165) is 11.3 Å². The highest BCUT2D eigenvalue weighted by molar-refractivity contribution is 5.27. The smallest absolute Gasteiger partial charge is 0.0671 e. The van der Waals surface area contributed by atoms with Gasteiger partial charge in [0.25, 0.3) is 0 Å². The third-order valence-corrected chi connectivity index (χ3v) is 3.15. The lowest BCUT2D eigenvalue weighted by molar-refractivity contribution is 0.284. The number of aryl methyl sites for hydroxylation is 1. The molecule has 1 aliphatic rings. The van der Waals surface area contributed by atoms with Crippen molar-refractivity contribution in [1.82, 2.24) is 9.78 Å². The molecule has 3 nitrogen and oxygen atoms in total. The van der Waals surface area contributed by atoms with Crippen LogP contribution in [0.5, 0.6) is 0 Å². The minimum absolute atomic E-state index is 0.490. The molecule has 0 aromatic carbocycles. The molecule has 0 spiro atoms. The molecule has 0 N–H and O–H groups in total. The molecule has 0 aliphatic heterocycles. The number of aromatic nitrogens is 2. The summed E-state index contributed by atoms with van der Waals surface area (Å²) < 4.78 is 2.12. The summed E-state index contributed by atoms with van der Waals surface area (Å²) in [7, 11) is 0. The van der Waals surface area contributed by atoms with Gasteiger partial charge in [0.2, 0.25) is 0 Å². The van der Waals surface area contributed by atoms with Gasteiger partial charge in [0.1, 0.15) is 0 Å². The highest BCUT2D eigenvalue weighted by Crippen LogP contribution is 2.33. The van der Waals surface area contributed by atoms with E-state index in [1.807, 2.05) is 6.92 Å². The molecular formula is C11H15N3. The Kier molecular flexibility index (Phi) is 2.28. The number of hydrogen-bond donors (Lipinski definition) is 0. The molecule has 0 atom stereocenters. The Bertz CT molecular complexity index is 380. The summed E-state index contributed by atoms with van der Waals surface area (Å²) in [5, 5.41) is 13.2. The Hall–Kier alpha value is -1.30. The molecule has 3 heteroatoms. The van der Waals surface area contributed by atoms with Crippen LogP contribution in [0.25, 0.3) is 0 Å². The van der Waals surface area contributed by atoms with Crippen LogP contribution >= 0.6 is 0 Å². The number of rotatable bonds is 2. The van der Waals surface area contributed by atoms with Crippen molar-refractivity contribution in [1.29, 1.82) is 5.26 Å². The van der Waals surface area contributed by atoms with E-state index in [4.69, 9.17) is 5.26 Å². The molecule has 1 aromatic heterocycles. The van der Waals surface area contributed by atoms with E-state index in [-0.39, 0.29) is 0 Å². The maximum atomic E-state index is 8.70. The van der Waals surface area contributed by atoms with Crippen molar-refractivity contribution in [2.24, 2.45) is 0 Å². The normalized spacial score (nSPS) is 16.4. The lowest BCUT2D eigenvalue weighted by Crippen LogP contribution is -2.19. The van der Waals surface area contributed by atoms with Gasteiger partial charge in [-0.15, -0.1) is 0 Å². The molecule has 1 heterocycles. The van der Waals surface area contributed by atoms with Gasteiger partial charge in [-0.25, -0.2) is 0 Å². The van der Waals surface area contributed by atoms with Gasteiger partial charge in [0.15, 0.2) is 0 Å². The van der Waals surface area contributed by atoms with E-state index in [1.54, 1.807) is 0 Å². The fraction of sp³-hybridized carbons (Fsp3) is 0.636. The zero-order valence-electron chi connectivity index (χ0n) is 8.75. The molecule has 1 fully saturated rings. The molecule has 2 rings (SSSR count). The monoisotopic (exact) mass is 189 g/mol. The first kappa shape index (κ1) is 9.26. The van der Waals surface area contributed by atoms with Crippen molar-refractivity contribution in [2.75, 3.05) is 0 Å². The topological polar surface area (TPSA) is 41.6 Å². The van der Waals surface area contributed by atoms with E-state index in [2.05, 4.69) is 22.8 Å². The molecule has 1 aromatic rings. The third kappa shape index (κ3) is 1.31. The summed E-state index contributed by atoms with van der Waals surface area (Å²) in [6, 6.07) is 2.80. The zero-order valence-corrected chi connectivity index (χ0v) is 8.75. The maximum Gasteiger partial charge on any atom is 0.0671 e. The molecule has 0 unspecified atom stereocenters. The SMILES string of the molecule is Cc1nn(C2CCC2)c(C)c1CC#N. The summed E-state index contributed by atoms with van der Waals surface area (Å²) in [6.45, 7) is 4.07. The van der Waals surface area contributed by atoms with Crippen LogP contribution in [0.1, 0.15) is 42.3 Å². The minimum atomic E-state index is 0.490. The molecule has 14 heavy (non-hydrogen) atoms. The zero-order chi connectivity index (χ0) is 10.1. The van der Waals surface area contributed by atoms with Crippen LogP contribution in [-0.2, 0) is 6.42 Å². The highest BCUT2D eigenvalue weighted by Gasteiger charge is 2.23. The summed E-state index contributed by atoms with van der Waals surface area (Å²) in [4.78, 5) is 0. The Morgan fingerprint density at radius 2 is 2.21 bits per heavy atom. The van der Waals surface area contributed by atoms with E-state index < -0.39 is 0 Å². The van der Waals surface area contributed by atoms with Crippen molar-refractivity contribution < 1.29 is 0 Å². The average Bonchev–Trinajstić information content (AvgIpc) is 2.31. The van der Waals surface area contributed by atoms with E-state index in [9.17, 15) is 0 Å². The van der Waals surface area contributed by atoms with Gasteiger partial charge in [-0.1, -0.05) is 0 Å². The fourth-order valence-corrected chi connectivity index (χ4v) is 2.02. The quantitative estimate of drug-likeness (QED) is 0.716. The molecule has 0 radical (unpaired) electrons. The van der Waals surface area contributed by atoms with Crippen LogP contribution in [0.3, 0.4) is 0 Å². The second-order valence-electron chi connectivity index (χ2n) is 4.01. The first-order chi connectivity index (χ1) is 6.74. The Morgan fingerprint density at radius 1 is 1.50 bits per heavy atom. The largest absolute Gasteiger partial charge is 0.266 e. The predicted molar refractivity (Wildman–Crippen MR) is 53.9 cm³/mol. The van der Waals surface area contributed by atoms with Gasteiger partial charge >= 0.3 is 0 Å². The number of nitrogens with zero attached hydrogens (tertiary/aromatic N) is 3. The standard InChI is InChI=1S/C11H15N3/c1-8-11(6-7-12)9(2)14(13-8)10-4-3-5-10/h10H,3-6H2,1-2H3. The molecule has 0 saturated heterocycles. The van der Waals surface area contributed by atoms with Crippen LogP contribution < -0.4 is 0 Å². The summed E-state index contributed by atoms with van der Waals surface area (Å²) in [6.07, 6.45) is 4.29. The van der Waals surface area contributed by atoms with Gasteiger partial charge in [-0.3, -0.25) is 4.68 Å². The minimum Gasteiger partial charge on any atom is -0.266 e. The summed E-state index contributed by atoms with van der Waals surface area (Å²) in [5.41, 5.74) is 3.34. The van der Waals surface area contributed by atoms with E-state index in [1.165, 1.54) is 25.0 Å². The number of hydrogen-bond acceptors (Lipinski definition) is 2. The summed E-state index contributed by atoms with van der Waals surface area (Å²) in [5.74, 6) is 0. The lowest BCUT2D eigenvalue weighted by atomic mass is 9.93. The van der Waals surface area contributed by atoms with Crippen LogP contribution in [0, 0.1) is 25.2 Å². The molecule has 1 saturated carbocycles. The predicted octanol–water partition coefficient (Wildman–Crippen LogP) is 2.29. The Morgan fingerprint density at radius 3 is 2.71 bits per heavy atom. The van der Waals surface area contributed by atoms with Gasteiger partial charge in [-0.05, 0) is 33.1 Å². The first-order valence-corrected chi connectivity index (χ1v) is 5.15. The molecule has 74 valence electrons. The third-order valence-electron chi connectivity index (χ3n) is 3.15. The van der Waals surface area contributed by atoms with Gasteiger partial charge in [0.05, 0.1) is 24.2 Å². The first-order valence-electron chi connectivity index (χ1n) is 5.15. The van der Waals surface area contributed by atoms with Crippen LogP contribution in [0.2, 0.25) is 0 Å². The van der Waals surface area contributed by atoms with Crippen LogP contribution in [-0.4, -0.2) is 9.78 Å². The second kappa shape index (κ2) is 3.45. The van der Waals surface area contributed by atoms with Crippen molar-refractivity contribution in [3.05, 3.63) is 17.0 Å². The Balaban J connectivity index is 2.33. The van der Waals surface area contributed by atoms with Gasteiger partial charge in [-0.2, -0.15) is 10.4 Å².